The van der Waals surface area contributed by atoms with Gasteiger partial charge >= 0.3 is 6.01 Å². The molecule has 5 heteroatoms. The van der Waals surface area contributed by atoms with Crippen LogP contribution in [-0.4, -0.2) is 10.2 Å². The van der Waals surface area contributed by atoms with Crippen molar-refractivity contribution in [2.24, 2.45) is 0 Å². The predicted molar refractivity (Wildman–Crippen MR) is 79.3 cm³/mol. The normalized spacial score (nSPS) is 10.3. The number of hydrogen-bond donors (Lipinski definition) is 1. The van der Waals surface area contributed by atoms with E-state index in [9.17, 15) is 0 Å². The van der Waals surface area contributed by atoms with Crippen molar-refractivity contribution < 1.29 is 9.15 Å². The zero-order chi connectivity index (χ0) is 14.5. The van der Waals surface area contributed by atoms with E-state index in [1.54, 1.807) is 6.92 Å². The number of hydrogen-bond acceptors (Lipinski definition) is 5. The number of anilines is 1. The molecule has 0 radical (unpaired) electrons. The van der Waals surface area contributed by atoms with Gasteiger partial charge in [-0.2, -0.15) is 0 Å². The maximum absolute atomic E-state index is 5.80. The first-order chi connectivity index (χ1) is 10.3. The lowest BCUT2D eigenvalue weighted by molar-refractivity contribution is 0.482. The van der Waals surface area contributed by atoms with Gasteiger partial charge in [0.05, 0.1) is 0 Å². The Morgan fingerprint density at radius 1 is 1.00 bits per heavy atom. The van der Waals surface area contributed by atoms with Crippen LogP contribution >= 0.6 is 0 Å². The summed E-state index contributed by atoms with van der Waals surface area (Å²) in [4.78, 5) is 0. The van der Waals surface area contributed by atoms with Crippen LogP contribution in [0, 0.1) is 6.92 Å². The number of rotatable bonds is 5. The second-order valence-electron chi connectivity index (χ2n) is 4.54. The molecule has 0 bridgehead atoms. The van der Waals surface area contributed by atoms with Gasteiger partial charge in [0.25, 0.3) is 0 Å². The molecule has 1 N–H and O–H groups in total. The second-order valence-corrected chi connectivity index (χ2v) is 4.54. The van der Waals surface area contributed by atoms with Gasteiger partial charge in [-0.3, -0.25) is 0 Å². The van der Waals surface area contributed by atoms with Crippen molar-refractivity contribution in [1.82, 2.24) is 10.2 Å². The predicted octanol–water partition coefficient (Wildman–Crippen LogP) is 3.78. The number of nitrogens with one attached hydrogen (secondary N) is 1. The lowest BCUT2D eigenvalue weighted by Gasteiger charge is -2.07. The lowest BCUT2D eigenvalue weighted by Crippen LogP contribution is -1.99. The van der Waals surface area contributed by atoms with Crippen LogP contribution in [0.2, 0.25) is 0 Å². The van der Waals surface area contributed by atoms with Gasteiger partial charge < -0.3 is 14.5 Å². The van der Waals surface area contributed by atoms with E-state index >= 15 is 0 Å². The van der Waals surface area contributed by atoms with Crippen LogP contribution in [0.3, 0.4) is 0 Å². The summed E-state index contributed by atoms with van der Waals surface area (Å²) in [5.74, 6) is 2.15. The number of para-hydroxylation sites is 1. The molecule has 0 spiro atoms. The van der Waals surface area contributed by atoms with Crippen molar-refractivity contribution in [3.05, 3.63) is 66.1 Å². The summed E-state index contributed by atoms with van der Waals surface area (Å²) in [6, 6.07) is 18.0. The molecular weight excluding hydrogens is 266 g/mol. The van der Waals surface area contributed by atoms with E-state index in [0.717, 1.165) is 17.1 Å². The Morgan fingerprint density at radius 2 is 1.81 bits per heavy atom. The Hall–Kier alpha value is -2.82. The summed E-state index contributed by atoms with van der Waals surface area (Å²) >= 11 is 0. The van der Waals surface area contributed by atoms with E-state index in [-0.39, 0.29) is 0 Å². The van der Waals surface area contributed by atoms with E-state index in [2.05, 4.69) is 15.5 Å². The van der Waals surface area contributed by atoms with Crippen LogP contribution in [0.1, 0.15) is 11.5 Å². The van der Waals surface area contributed by atoms with Crippen molar-refractivity contribution in [1.29, 1.82) is 0 Å². The molecule has 0 aliphatic rings. The molecule has 1 aromatic heterocycles. The molecule has 0 aliphatic carbocycles. The molecule has 2 aromatic carbocycles. The van der Waals surface area contributed by atoms with E-state index in [4.69, 9.17) is 9.15 Å². The number of aromatic nitrogens is 2. The highest BCUT2D eigenvalue weighted by molar-refractivity contribution is 5.35. The minimum absolute atomic E-state index is 0.418. The van der Waals surface area contributed by atoms with Gasteiger partial charge in [-0.15, -0.1) is 5.10 Å². The maximum atomic E-state index is 5.80. The van der Waals surface area contributed by atoms with Gasteiger partial charge in [0, 0.05) is 13.5 Å². The van der Waals surface area contributed by atoms with Crippen LogP contribution in [0.4, 0.5) is 6.01 Å². The van der Waals surface area contributed by atoms with Gasteiger partial charge in [0.15, 0.2) is 0 Å². The lowest BCUT2D eigenvalue weighted by atomic mass is 10.2. The van der Waals surface area contributed by atoms with Gasteiger partial charge in [-0.1, -0.05) is 35.4 Å². The van der Waals surface area contributed by atoms with Crippen molar-refractivity contribution >= 4 is 6.01 Å². The van der Waals surface area contributed by atoms with Crippen LogP contribution in [0.15, 0.2) is 59.0 Å². The maximum Gasteiger partial charge on any atom is 0.315 e. The molecule has 3 rings (SSSR count). The molecular formula is C16H15N3O2. The van der Waals surface area contributed by atoms with E-state index in [1.807, 2.05) is 54.6 Å². The standard InChI is InChI=1S/C16H15N3O2/c1-12-18-19-16(20-12)17-11-13-6-5-9-15(10-13)21-14-7-3-2-4-8-14/h2-10H,11H2,1H3,(H,17,19). The Bertz CT molecular complexity index is 710. The summed E-state index contributed by atoms with van der Waals surface area (Å²) in [7, 11) is 0. The highest BCUT2D eigenvalue weighted by atomic mass is 16.5. The fraction of sp³-hybridized carbons (Fsp3) is 0.125. The average molecular weight is 281 g/mol. The molecule has 0 aliphatic heterocycles. The van der Waals surface area contributed by atoms with E-state index < -0.39 is 0 Å². The number of aryl methyl sites for hydroxylation is 1. The molecule has 0 saturated carbocycles. The van der Waals surface area contributed by atoms with Crippen LogP contribution in [0.25, 0.3) is 0 Å². The van der Waals surface area contributed by atoms with Gasteiger partial charge in [0.1, 0.15) is 11.5 Å². The largest absolute Gasteiger partial charge is 0.457 e. The molecule has 106 valence electrons. The van der Waals surface area contributed by atoms with Crippen molar-refractivity contribution in [2.45, 2.75) is 13.5 Å². The van der Waals surface area contributed by atoms with E-state index in [0.29, 0.717) is 18.5 Å². The molecule has 1 heterocycles. The Balaban J connectivity index is 1.65. The third-order valence-electron chi connectivity index (χ3n) is 2.85. The minimum Gasteiger partial charge on any atom is -0.457 e. The first-order valence-corrected chi connectivity index (χ1v) is 6.65. The van der Waals surface area contributed by atoms with Gasteiger partial charge in [0.2, 0.25) is 5.89 Å². The Morgan fingerprint density at radius 3 is 2.57 bits per heavy atom. The topological polar surface area (TPSA) is 60.2 Å². The monoisotopic (exact) mass is 281 g/mol. The third kappa shape index (κ3) is 3.60. The molecule has 0 saturated heterocycles. The zero-order valence-corrected chi connectivity index (χ0v) is 11.6. The van der Waals surface area contributed by atoms with Crippen LogP contribution in [0.5, 0.6) is 11.5 Å². The molecule has 0 amide bonds. The fourth-order valence-corrected chi connectivity index (χ4v) is 1.89. The SMILES string of the molecule is Cc1nnc(NCc2cccc(Oc3ccccc3)c2)o1. The van der Waals surface area contributed by atoms with Crippen LogP contribution in [-0.2, 0) is 6.54 Å². The highest BCUT2D eigenvalue weighted by Gasteiger charge is 2.03. The smallest absolute Gasteiger partial charge is 0.315 e. The highest BCUT2D eigenvalue weighted by Crippen LogP contribution is 2.22. The first-order valence-electron chi connectivity index (χ1n) is 6.65. The number of ether oxygens (including phenoxy) is 1. The van der Waals surface area contributed by atoms with Gasteiger partial charge in [-0.25, -0.2) is 0 Å². The quantitative estimate of drug-likeness (QED) is 0.771. The fourth-order valence-electron chi connectivity index (χ4n) is 1.89. The number of benzene rings is 2. The molecule has 0 atom stereocenters. The third-order valence-corrected chi connectivity index (χ3v) is 2.85. The van der Waals surface area contributed by atoms with Crippen LogP contribution < -0.4 is 10.1 Å². The van der Waals surface area contributed by atoms with E-state index in [1.165, 1.54) is 0 Å². The minimum atomic E-state index is 0.418. The second kappa shape index (κ2) is 6.09. The summed E-state index contributed by atoms with van der Waals surface area (Å²) < 4.78 is 11.1. The first kappa shape index (κ1) is 13.2. The summed E-state index contributed by atoms with van der Waals surface area (Å²) in [6.07, 6.45) is 0. The molecule has 0 unspecified atom stereocenters. The van der Waals surface area contributed by atoms with Crippen molar-refractivity contribution in [3.63, 3.8) is 0 Å². The van der Waals surface area contributed by atoms with Crippen molar-refractivity contribution in [2.75, 3.05) is 5.32 Å². The Labute approximate surface area is 122 Å². The number of nitrogens with zero attached hydrogens (tertiary/aromatic N) is 2. The summed E-state index contributed by atoms with van der Waals surface area (Å²) in [6.45, 7) is 2.35. The van der Waals surface area contributed by atoms with Gasteiger partial charge in [-0.05, 0) is 29.8 Å². The summed E-state index contributed by atoms with van der Waals surface area (Å²) in [5.41, 5.74) is 1.07. The Kier molecular flexibility index (Phi) is 3.82. The van der Waals surface area contributed by atoms with Crippen molar-refractivity contribution in [3.8, 4) is 11.5 Å². The average Bonchev–Trinajstić information content (AvgIpc) is 2.92. The molecule has 5 nitrogen and oxygen atoms in total. The molecule has 3 aromatic rings. The summed E-state index contributed by atoms with van der Waals surface area (Å²) in [5, 5.41) is 10.7. The molecule has 21 heavy (non-hydrogen) atoms. The molecule has 0 fully saturated rings. The zero-order valence-electron chi connectivity index (χ0n) is 11.6.